The highest BCUT2D eigenvalue weighted by Gasteiger charge is 2.05. The second kappa shape index (κ2) is 4.49. The monoisotopic (exact) mass is 231 g/mol. The molecule has 2 N–H and O–H groups in total. The molecular formula is C13H17N3O. The second-order valence-electron chi connectivity index (χ2n) is 4.29. The molecule has 0 atom stereocenters. The van der Waals surface area contributed by atoms with Crippen molar-refractivity contribution < 1.29 is 5.11 Å². The van der Waals surface area contributed by atoms with Gasteiger partial charge in [0.05, 0.1) is 11.4 Å². The van der Waals surface area contributed by atoms with Gasteiger partial charge < -0.3 is 10.4 Å². The van der Waals surface area contributed by atoms with Crippen molar-refractivity contribution in [1.82, 2.24) is 9.78 Å². The molecule has 0 radical (unpaired) electrons. The summed E-state index contributed by atoms with van der Waals surface area (Å²) in [7, 11) is 1.89. The van der Waals surface area contributed by atoms with E-state index in [1.54, 1.807) is 10.7 Å². The first kappa shape index (κ1) is 11.5. The summed E-state index contributed by atoms with van der Waals surface area (Å²) in [4.78, 5) is 0. The van der Waals surface area contributed by atoms with Crippen molar-refractivity contribution in [1.29, 1.82) is 0 Å². The number of aromatic nitrogens is 2. The molecule has 0 fully saturated rings. The van der Waals surface area contributed by atoms with E-state index in [4.69, 9.17) is 0 Å². The number of rotatable bonds is 3. The van der Waals surface area contributed by atoms with Crippen molar-refractivity contribution in [3.8, 4) is 5.75 Å². The molecule has 2 rings (SSSR count). The third kappa shape index (κ3) is 2.58. The van der Waals surface area contributed by atoms with Crippen LogP contribution in [0.1, 0.15) is 16.8 Å². The SMILES string of the molecule is Cc1ccc(O)c(CNc2cn(C)nc2C)c1. The summed E-state index contributed by atoms with van der Waals surface area (Å²) in [6, 6.07) is 5.60. The van der Waals surface area contributed by atoms with Crippen LogP contribution in [0.4, 0.5) is 5.69 Å². The number of hydrogen-bond donors (Lipinski definition) is 2. The van der Waals surface area contributed by atoms with Gasteiger partial charge in [0, 0.05) is 25.4 Å². The fourth-order valence-corrected chi connectivity index (χ4v) is 1.82. The number of benzene rings is 1. The average Bonchev–Trinajstić information content (AvgIpc) is 2.59. The quantitative estimate of drug-likeness (QED) is 0.852. The van der Waals surface area contributed by atoms with Crippen LogP contribution in [0.2, 0.25) is 0 Å². The normalized spacial score (nSPS) is 10.5. The van der Waals surface area contributed by atoms with Crippen LogP contribution in [0.3, 0.4) is 0 Å². The van der Waals surface area contributed by atoms with Crippen molar-refractivity contribution in [3.05, 3.63) is 41.2 Å². The lowest BCUT2D eigenvalue weighted by molar-refractivity contribution is 0.469. The Morgan fingerprint density at radius 3 is 2.76 bits per heavy atom. The molecule has 1 aromatic heterocycles. The molecule has 0 aliphatic carbocycles. The lowest BCUT2D eigenvalue weighted by Gasteiger charge is -2.07. The maximum atomic E-state index is 9.73. The molecule has 2 aromatic rings. The molecule has 0 unspecified atom stereocenters. The van der Waals surface area contributed by atoms with Gasteiger partial charge in [-0.2, -0.15) is 5.10 Å². The second-order valence-corrected chi connectivity index (χ2v) is 4.29. The third-order valence-corrected chi connectivity index (χ3v) is 2.72. The van der Waals surface area contributed by atoms with E-state index in [-0.39, 0.29) is 0 Å². The Kier molecular flexibility index (Phi) is 3.04. The van der Waals surface area contributed by atoms with Crippen LogP contribution in [0, 0.1) is 13.8 Å². The Hall–Kier alpha value is -1.97. The predicted octanol–water partition coefficient (Wildman–Crippen LogP) is 2.35. The van der Waals surface area contributed by atoms with Gasteiger partial charge >= 0.3 is 0 Å². The summed E-state index contributed by atoms with van der Waals surface area (Å²) in [6.45, 7) is 4.57. The van der Waals surface area contributed by atoms with E-state index < -0.39 is 0 Å². The van der Waals surface area contributed by atoms with Crippen molar-refractivity contribution in [3.63, 3.8) is 0 Å². The molecule has 1 heterocycles. The van der Waals surface area contributed by atoms with Gasteiger partial charge in [0.25, 0.3) is 0 Å². The molecular weight excluding hydrogens is 214 g/mol. The average molecular weight is 231 g/mol. The largest absolute Gasteiger partial charge is 0.508 e. The highest BCUT2D eigenvalue weighted by molar-refractivity contribution is 5.47. The number of nitrogens with one attached hydrogen (secondary N) is 1. The lowest BCUT2D eigenvalue weighted by Crippen LogP contribution is -2.00. The molecule has 0 spiro atoms. The number of hydrogen-bond acceptors (Lipinski definition) is 3. The first-order valence-corrected chi connectivity index (χ1v) is 5.59. The minimum Gasteiger partial charge on any atom is -0.508 e. The first-order valence-electron chi connectivity index (χ1n) is 5.59. The molecule has 0 saturated carbocycles. The van der Waals surface area contributed by atoms with E-state index in [1.165, 1.54) is 0 Å². The van der Waals surface area contributed by atoms with Crippen LogP contribution in [-0.2, 0) is 13.6 Å². The molecule has 0 aliphatic heterocycles. The van der Waals surface area contributed by atoms with Gasteiger partial charge in [0.2, 0.25) is 0 Å². The standard InChI is InChI=1S/C13H17N3O/c1-9-4-5-13(17)11(6-9)7-14-12-8-16(3)15-10(12)2/h4-6,8,14,17H,7H2,1-3H3. The van der Waals surface area contributed by atoms with Crippen molar-refractivity contribution in [2.24, 2.45) is 7.05 Å². The highest BCUT2D eigenvalue weighted by Crippen LogP contribution is 2.20. The Morgan fingerprint density at radius 2 is 2.12 bits per heavy atom. The zero-order valence-corrected chi connectivity index (χ0v) is 10.4. The molecule has 17 heavy (non-hydrogen) atoms. The summed E-state index contributed by atoms with van der Waals surface area (Å²) >= 11 is 0. The number of phenols is 1. The topological polar surface area (TPSA) is 50.1 Å². The Bertz CT molecular complexity index is 531. The maximum Gasteiger partial charge on any atom is 0.120 e. The van der Waals surface area contributed by atoms with Gasteiger partial charge in [0.15, 0.2) is 0 Å². The molecule has 0 amide bonds. The van der Waals surface area contributed by atoms with Crippen LogP contribution in [0.25, 0.3) is 0 Å². The summed E-state index contributed by atoms with van der Waals surface area (Å²) in [5, 5.41) is 17.3. The van der Waals surface area contributed by atoms with Crippen LogP contribution < -0.4 is 5.32 Å². The molecule has 90 valence electrons. The maximum absolute atomic E-state index is 9.73. The lowest BCUT2D eigenvalue weighted by atomic mass is 10.1. The predicted molar refractivity (Wildman–Crippen MR) is 68.1 cm³/mol. The number of phenolic OH excluding ortho intramolecular Hbond substituents is 1. The number of aromatic hydroxyl groups is 1. The van der Waals surface area contributed by atoms with E-state index in [9.17, 15) is 5.11 Å². The highest BCUT2D eigenvalue weighted by atomic mass is 16.3. The summed E-state index contributed by atoms with van der Waals surface area (Å²) in [5.74, 6) is 0.324. The number of anilines is 1. The molecule has 0 aliphatic rings. The molecule has 4 heteroatoms. The van der Waals surface area contributed by atoms with E-state index in [2.05, 4.69) is 10.4 Å². The first-order chi connectivity index (χ1) is 8.06. The van der Waals surface area contributed by atoms with Gasteiger partial charge in [-0.3, -0.25) is 4.68 Å². The third-order valence-electron chi connectivity index (χ3n) is 2.72. The fourth-order valence-electron chi connectivity index (χ4n) is 1.82. The van der Waals surface area contributed by atoms with Gasteiger partial charge in [-0.15, -0.1) is 0 Å². The van der Waals surface area contributed by atoms with Crippen molar-refractivity contribution >= 4 is 5.69 Å². The van der Waals surface area contributed by atoms with E-state index in [0.717, 1.165) is 22.5 Å². The van der Waals surface area contributed by atoms with Gasteiger partial charge in [-0.1, -0.05) is 17.7 Å². The fraction of sp³-hybridized carbons (Fsp3) is 0.308. The van der Waals surface area contributed by atoms with Gasteiger partial charge in [0.1, 0.15) is 5.75 Å². The van der Waals surface area contributed by atoms with Crippen molar-refractivity contribution in [2.45, 2.75) is 20.4 Å². The van der Waals surface area contributed by atoms with Crippen LogP contribution in [-0.4, -0.2) is 14.9 Å². The van der Waals surface area contributed by atoms with Crippen molar-refractivity contribution in [2.75, 3.05) is 5.32 Å². The van der Waals surface area contributed by atoms with E-state index >= 15 is 0 Å². The molecule has 0 saturated heterocycles. The minimum atomic E-state index is 0.324. The molecule has 4 nitrogen and oxygen atoms in total. The summed E-state index contributed by atoms with van der Waals surface area (Å²) in [6.07, 6.45) is 1.93. The Morgan fingerprint density at radius 1 is 1.35 bits per heavy atom. The number of aryl methyl sites for hydroxylation is 3. The van der Waals surface area contributed by atoms with E-state index in [0.29, 0.717) is 12.3 Å². The number of nitrogens with zero attached hydrogens (tertiary/aromatic N) is 2. The zero-order chi connectivity index (χ0) is 12.4. The summed E-state index contributed by atoms with van der Waals surface area (Å²) < 4.78 is 1.77. The molecule has 1 aromatic carbocycles. The van der Waals surface area contributed by atoms with Crippen LogP contribution in [0.5, 0.6) is 5.75 Å². The Balaban J connectivity index is 2.12. The van der Waals surface area contributed by atoms with Crippen LogP contribution in [0.15, 0.2) is 24.4 Å². The zero-order valence-electron chi connectivity index (χ0n) is 10.4. The van der Waals surface area contributed by atoms with E-state index in [1.807, 2.05) is 39.2 Å². The smallest absolute Gasteiger partial charge is 0.120 e. The minimum absolute atomic E-state index is 0.324. The van der Waals surface area contributed by atoms with Crippen LogP contribution >= 0.6 is 0 Å². The van der Waals surface area contributed by atoms with Gasteiger partial charge in [-0.05, 0) is 19.9 Å². The molecule has 0 bridgehead atoms. The van der Waals surface area contributed by atoms with Gasteiger partial charge in [-0.25, -0.2) is 0 Å². The Labute approximate surface area is 101 Å². The summed E-state index contributed by atoms with van der Waals surface area (Å²) in [5.41, 5.74) is 3.99.